The summed E-state index contributed by atoms with van der Waals surface area (Å²) in [4.78, 5) is 22.0. The van der Waals surface area contributed by atoms with Crippen molar-refractivity contribution < 1.29 is 19.4 Å². The summed E-state index contributed by atoms with van der Waals surface area (Å²) in [5.74, 6) is -1.31. The molecule has 0 amide bonds. The zero-order chi connectivity index (χ0) is 14.0. The molecule has 0 aliphatic carbocycles. The summed E-state index contributed by atoms with van der Waals surface area (Å²) in [6.07, 6.45) is 1.06. The Bertz CT molecular complexity index is 691. The average Bonchev–Trinajstić information content (AvgIpc) is 2.38. The maximum absolute atomic E-state index is 11.1. The molecule has 0 unspecified atom stereocenters. The lowest BCUT2D eigenvalue weighted by molar-refractivity contribution is -0.128. The SMILES string of the molecule is C=CC(=O)Oc1ccc2c(Cl)c(C(=O)O)ccc2c1. The second-order valence-corrected chi connectivity index (χ2v) is 4.12. The number of hydrogen-bond acceptors (Lipinski definition) is 3. The van der Waals surface area contributed by atoms with E-state index in [9.17, 15) is 9.59 Å². The standard InChI is InChI=1S/C14H9ClO4/c1-2-12(16)19-9-4-6-10-8(7-9)3-5-11(13(10)15)14(17)18/h2-7H,1H2,(H,17,18). The summed E-state index contributed by atoms with van der Waals surface area (Å²) in [6.45, 7) is 3.30. The molecule has 0 bridgehead atoms. The summed E-state index contributed by atoms with van der Waals surface area (Å²) in [7, 11) is 0. The molecule has 2 aromatic carbocycles. The summed E-state index contributed by atoms with van der Waals surface area (Å²) >= 11 is 6.02. The Labute approximate surface area is 113 Å². The van der Waals surface area contributed by atoms with Gasteiger partial charge in [-0.2, -0.15) is 0 Å². The van der Waals surface area contributed by atoms with Crippen LogP contribution in [0.5, 0.6) is 5.75 Å². The highest BCUT2D eigenvalue weighted by atomic mass is 35.5. The molecule has 0 saturated heterocycles. The molecule has 0 aromatic heterocycles. The highest BCUT2D eigenvalue weighted by Crippen LogP contribution is 2.30. The smallest absolute Gasteiger partial charge is 0.337 e. The average molecular weight is 277 g/mol. The van der Waals surface area contributed by atoms with Crippen LogP contribution in [0.2, 0.25) is 5.02 Å². The van der Waals surface area contributed by atoms with Crippen molar-refractivity contribution in [3.05, 3.63) is 53.6 Å². The monoisotopic (exact) mass is 276 g/mol. The molecule has 96 valence electrons. The van der Waals surface area contributed by atoms with Crippen LogP contribution in [0.4, 0.5) is 0 Å². The van der Waals surface area contributed by atoms with Crippen molar-refractivity contribution in [2.45, 2.75) is 0 Å². The highest BCUT2D eigenvalue weighted by molar-refractivity contribution is 6.38. The van der Waals surface area contributed by atoms with Crippen LogP contribution in [-0.2, 0) is 4.79 Å². The number of rotatable bonds is 3. The summed E-state index contributed by atoms with van der Waals surface area (Å²) in [5.41, 5.74) is 0.0324. The van der Waals surface area contributed by atoms with Crippen molar-refractivity contribution >= 4 is 34.3 Å². The van der Waals surface area contributed by atoms with E-state index in [2.05, 4.69) is 6.58 Å². The first-order valence-corrected chi connectivity index (χ1v) is 5.70. The molecule has 1 N–H and O–H groups in total. The van der Waals surface area contributed by atoms with Crippen LogP contribution >= 0.6 is 11.6 Å². The van der Waals surface area contributed by atoms with Gasteiger partial charge in [0.1, 0.15) is 5.75 Å². The second kappa shape index (κ2) is 5.12. The number of carboxylic acids is 1. The summed E-state index contributed by atoms with van der Waals surface area (Å²) in [6, 6.07) is 7.77. The van der Waals surface area contributed by atoms with Gasteiger partial charge in [-0.05, 0) is 29.7 Å². The quantitative estimate of drug-likeness (QED) is 0.531. The number of carbonyl (C=O) groups excluding carboxylic acids is 1. The first-order valence-electron chi connectivity index (χ1n) is 5.32. The topological polar surface area (TPSA) is 63.6 Å². The minimum atomic E-state index is -1.09. The van der Waals surface area contributed by atoms with E-state index >= 15 is 0 Å². The van der Waals surface area contributed by atoms with Crippen molar-refractivity contribution in [1.29, 1.82) is 0 Å². The maximum Gasteiger partial charge on any atom is 0.337 e. The number of hydrogen-bond donors (Lipinski definition) is 1. The maximum atomic E-state index is 11.1. The lowest BCUT2D eigenvalue weighted by Crippen LogP contribution is -2.03. The van der Waals surface area contributed by atoms with E-state index in [1.54, 1.807) is 24.3 Å². The van der Waals surface area contributed by atoms with Gasteiger partial charge >= 0.3 is 11.9 Å². The van der Waals surface area contributed by atoms with Crippen molar-refractivity contribution in [3.8, 4) is 5.75 Å². The van der Waals surface area contributed by atoms with E-state index in [0.717, 1.165) is 6.08 Å². The van der Waals surface area contributed by atoms with Gasteiger partial charge in [0.15, 0.2) is 0 Å². The van der Waals surface area contributed by atoms with Crippen molar-refractivity contribution in [2.24, 2.45) is 0 Å². The zero-order valence-electron chi connectivity index (χ0n) is 9.72. The third-order valence-electron chi connectivity index (χ3n) is 2.54. The van der Waals surface area contributed by atoms with Crippen LogP contribution in [0.1, 0.15) is 10.4 Å². The normalized spacial score (nSPS) is 10.2. The molecule has 0 saturated carbocycles. The summed E-state index contributed by atoms with van der Waals surface area (Å²) in [5, 5.41) is 10.4. The van der Waals surface area contributed by atoms with Gasteiger partial charge in [0, 0.05) is 11.5 Å². The number of aromatic carboxylic acids is 1. The third-order valence-corrected chi connectivity index (χ3v) is 2.95. The van der Waals surface area contributed by atoms with Gasteiger partial charge in [-0.25, -0.2) is 9.59 Å². The molecular weight excluding hydrogens is 268 g/mol. The number of benzene rings is 2. The van der Waals surface area contributed by atoms with Gasteiger partial charge in [-0.1, -0.05) is 24.2 Å². The molecule has 4 nitrogen and oxygen atoms in total. The fraction of sp³-hybridized carbons (Fsp3) is 0. The molecule has 0 heterocycles. The van der Waals surface area contributed by atoms with E-state index in [0.29, 0.717) is 16.5 Å². The Morgan fingerprint density at radius 2 is 2.00 bits per heavy atom. The third kappa shape index (κ3) is 2.58. The number of halogens is 1. The minimum Gasteiger partial charge on any atom is -0.478 e. The highest BCUT2D eigenvalue weighted by Gasteiger charge is 2.12. The van der Waals surface area contributed by atoms with Gasteiger partial charge < -0.3 is 9.84 Å². The van der Waals surface area contributed by atoms with Crippen molar-refractivity contribution in [1.82, 2.24) is 0 Å². The van der Waals surface area contributed by atoms with Gasteiger partial charge in [-0.3, -0.25) is 0 Å². The Morgan fingerprint density at radius 3 is 2.63 bits per heavy atom. The van der Waals surface area contributed by atoms with E-state index in [4.69, 9.17) is 21.4 Å². The van der Waals surface area contributed by atoms with E-state index < -0.39 is 11.9 Å². The fourth-order valence-electron chi connectivity index (χ4n) is 1.66. The van der Waals surface area contributed by atoms with Gasteiger partial charge in [0.25, 0.3) is 0 Å². The van der Waals surface area contributed by atoms with Crippen LogP contribution < -0.4 is 4.74 Å². The Hall–Kier alpha value is -2.33. The number of carboxylic acid groups (broad SMARTS) is 1. The molecule has 5 heteroatoms. The lowest BCUT2D eigenvalue weighted by atomic mass is 10.1. The number of ether oxygens (including phenoxy) is 1. The molecule has 0 spiro atoms. The first kappa shape index (κ1) is 13.1. The predicted molar refractivity (Wildman–Crippen MR) is 71.7 cm³/mol. The lowest BCUT2D eigenvalue weighted by Gasteiger charge is -2.06. The van der Waals surface area contributed by atoms with Crippen LogP contribution in [0.3, 0.4) is 0 Å². The van der Waals surface area contributed by atoms with Gasteiger partial charge in [0.2, 0.25) is 0 Å². The Balaban J connectivity index is 2.51. The zero-order valence-corrected chi connectivity index (χ0v) is 10.5. The first-order chi connectivity index (χ1) is 9.02. The molecule has 0 aliphatic heterocycles. The number of esters is 1. The van der Waals surface area contributed by atoms with E-state index in [1.165, 1.54) is 6.07 Å². The Morgan fingerprint density at radius 1 is 1.26 bits per heavy atom. The Kier molecular flexibility index (Phi) is 3.53. The molecule has 0 radical (unpaired) electrons. The van der Waals surface area contributed by atoms with Crippen LogP contribution in [-0.4, -0.2) is 17.0 Å². The molecule has 2 rings (SSSR count). The van der Waals surface area contributed by atoms with Gasteiger partial charge in [-0.15, -0.1) is 0 Å². The molecular formula is C14H9ClO4. The minimum absolute atomic E-state index is 0.0324. The van der Waals surface area contributed by atoms with E-state index in [-0.39, 0.29) is 10.6 Å². The van der Waals surface area contributed by atoms with Crippen LogP contribution in [0, 0.1) is 0 Å². The number of fused-ring (bicyclic) bond motifs is 1. The van der Waals surface area contributed by atoms with Crippen LogP contribution in [0.25, 0.3) is 10.8 Å². The molecule has 0 atom stereocenters. The summed E-state index contributed by atoms with van der Waals surface area (Å²) < 4.78 is 4.97. The molecule has 2 aromatic rings. The number of carbonyl (C=O) groups is 2. The van der Waals surface area contributed by atoms with Crippen LogP contribution in [0.15, 0.2) is 43.0 Å². The van der Waals surface area contributed by atoms with Crippen molar-refractivity contribution in [2.75, 3.05) is 0 Å². The molecule has 0 fully saturated rings. The predicted octanol–water partition coefficient (Wildman–Crippen LogP) is 3.28. The van der Waals surface area contributed by atoms with E-state index in [1.807, 2.05) is 0 Å². The van der Waals surface area contributed by atoms with Crippen molar-refractivity contribution in [3.63, 3.8) is 0 Å². The van der Waals surface area contributed by atoms with Gasteiger partial charge in [0.05, 0.1) is 10.6 Å². The largest absolute Gasteiger partial charge is 0.478 e. The molecule has 0 aliphatic rings. The second-order valence-electron chi connectivity index (χ2n) is 3.74. The molecule has 19 heavy (non-hydrogen) atoms. The fourth-order valence-corrected chi connectivity index (χ4v) is 1.97.